The highest BCUT2D eigenvalue weighted by molar-refractivity contribution is 5.91. The molecule has 1 aromatic heterocycles. The Kier molecular flexibility index (Phi) is 11.3. The molecule has 13 heteroatoms. The van der Waals surface area contributed by atoms with Crippen LogP contribution in [0.1, 0.15) is 80.4 Å². The molecule has 0 spiro atoms. The number of alkyl halides is 2. The van der Waals surface area contributed by atoms with Crippen LogP contribution in [0.25, 0.3) is 0 Å². The summed E-state index contributed by atoms with van der Waals surface area (Å²) in [5, 5.41) is 2.57. The summed E-state index contributed by atoms with van der Waals surface area (Å²) in [5.41, 5.74) is 3.74. The summed E-state index contributed by atoms with van der Waals surface area (Å²) in [6, 6.07) is 0.0141. The summed E-state index contributed by atoms with van der Waals surface area (Å²) in [4.78, 5) is 54.0. The number of rotatable bonds is 12. The average molecular weight is 573 g/mol. The molecule has 0 aliphatic carbocycles. The van der Waals surface area contributed by atoms with E-state index in [1.54, 1.807) is 34.6 Å². The minimum atomic E-state index is -3.94. The van der Waals surface area contributed by atoms with Crippen molar-refractivity contribution in [3.05, 3.63) is 22.7 Å². The zero-order valence-electron chi connectivity index (χ0n) is 24.2. The molecule has 0 aromatic carbocycles. The van der Waals surface area contributed by atoms with Crippen LogP contribution in [-0.4, -0.2) is 58.2 Å². The quantitative estimate of drug-likeness (QED) is 0.359. The van der Waals surface area contributed by atoms with Gasteiger partial charge in [-0.1, -0.05) is 40.5 Å². The number of halogens is 2. The predicted molar refractivity (Wildman–Crippen MR) is 142 cm³/mol. The van der Waals surface area contributed by atoms with Crippen LogP contribution in [-0.2, 0) is 28.6 Å². The highest BCUT2D eigenvalue weighted by Crippen LogP contribution is 2.44. The maximum absolute atomic E-state index is 15.7. The number of carbonyl (C=O) groups is 3. The van der Waals surface area contributed by atoms with Gasteiger partial charge >= 0.3 is 23.6 Å². The van der Waals surface area contributed by atoms with Crippen molar-refractivity contribution in [2.75, 3.05) is 11.9 Å². The maximum atomic E-state index is 15.7. The molecular weight excluding hydrogens is 530 g/mol. The molecule has 2 heterocycles. The van der Waals surface area contributed by atoms with Gasteiger partial charge in [-0.05, 0) is 45.6 Å². The largest absolute Gasteiger partial charge is 0.462 e. The van der Waals surface area contributed by atoms with Crippen LogP contribution in [0, 0.1) is 17.3 Å². The van der Waals surface area contributed by atoms with Crippen LogP contribution in [0.2, 0.25) is 0 Å². The number of carbonyl (C=O) groups excluding carboxylic acids is 3. The number of aromatic nitrogens is 2. The van der Waals surface area contributed by atoms with Gasteiger partial charge in [0, 0.05) is 12.1 Å². The minimum absolute atomic E-state index is 0.0914. The lowest BCUT2D eigenvalue weighted by molar-refractivity contribution is -0.179. The standard InChI is InChI=1S/C27H42F2N4O7/c1-8-10-16(11-9-2)21(34)31-18-12-13-33(25(37)32-18)23-27(28,29)20(40-22(35)19(30)15(3)4)17(39-23)14-38-24(36)26(5,6)7/h12-13,15-17,19-20,23H,8-11,14,30H2,1-7H3,(H,31,32,34,37)/t17-,19+,20-,23-/m1/s1. The zero-order valence-corrected chi connectivity index (χ0v) is 24.2. The Bertz CT molecular complexity index is 1100. The van der Waals surface area contributed by atoms with E-state index < -0.39 is 66.0 Å². The van der Waals surface area contributed by atoms with E-state index >= 15 is 8.78 Å². The fourth-order valence-electron chi connectivity index (χ4n) is 4.09. The van der Waals surface area contributed by atoms with E-state index in [-0.39, 0.29) is 17.6 Å². The monoisotopic (exact) mass is 572 g/mol. The highest BCUT2D eigenvalue weighted by Gasteiger charge is 2.63. The van der Waals surface area contributed by atoms with Crippen LogP contribution in [0.15, 0.2) is 17.1 Å². The van der Waals surface area contributed by atoms with Gasteiger partial charge in [-0.3, -0.25) is 19.0 Å². The van der Waals surface area contributed by atoms with Crippen molar-refractivity contribution < 1.29 is 37.4 Å². The van der Waals surface area contributed by atoms with Crippen molar-refractivity contribution in [3.63, 3.8) is 0 Å². The molecule has 1 aliphatic heterocycles. The number of amides is 1. The summed E-state index contributed by atoms with van der Waals surface area (Å²) in [6.07, 6.45) is -2.15. The molecule has 0 radical (unpaired) electrons. The van der Waals surface area contributed by atoms with Gasteiger partial charge in [-0.2, -0.15) is 13.8 Å². The molecule has 226 valence electrons. The van der Waals surface area contributed by atoms with Crippen LogP contribution in [0.4, 0.5) is 14.6 Å². The average Bonchev–Trinajstić information content (AvgIpc) is 3.10. The van der Waals surface area contributed by atoms with Gasteiger partial charge in [0.05, 0.1) is 5.41 Å². The topological polar surface area (TPSA) is 152 Å². The molecule has 1 aromatic rings. The lowest BCUT2D eigenvalue weighted by Crippen LogP contribution is -2.48. The van der Waals surface area contributed by atoms with Crippen LogP contribution >= 0.6 is 0 Å². The lowest BCUT2D eigenvalue weighted by atomic mass is 9.97. The number of esters is 2. The Morgan fingerprint density at radius 1 is 1.20 bits per heavy atom. The molecule has 1 saturated heterocycles. The molecule has 0 bridgehead atoms. The first-order valence-electron chi connectivity index (χ1n) is 13.6. The van der Waals surface area contributed by atoms with Crippen LogP contribution in [0.3, 0.4) is 0 Å². The van der Waals surface area contributed by atoms with Crippen molar-refractivity contribution in [3.8, 4) is 0 Å². The summed E-state index contributed by atoms with van der Waals surface area (Å²) in [7, 11) is 0. The van der Waals surface area contributed by atoms with Gasteiger partial charge in [0.15, 0.2) is 6.10 Å². The lowest BCUT2D eigenvalue weighted by Gasteiger charge is -2.26. The second-order valence-corrected chi connectivity index (χ2v) is 11.4. The Morgan fingerprint density at radius 3 is 2.30 bits per heavy atom. The van der Waals surface area contributed by atoms with E-state index in [0.29, 0.717) is 17.4 Å². The third-order valence-electron chi connectivity index (χ3n) is 6.55. The predicted octanol–water partition coefficient (Wildman–Crippen LogP) is 3.42. The zero-order chi connectivity index (χ0) is 30.4. The summed E-state index contributed by atoms with van der Waals surface area (Å²) >= 11 is 0. The summed E-state index contributed by atoms with van der Waals surface area (Å²) in [6.45, 7) is 11.2. The van der Waals surface area contributed by atoms with Crippen LogP contribution in [0.5, 0.6) is 0 Å². The molecule has 0 unspecified atom stereocenters. The number of hydrogen-bond acceptors (Lipinski definition) is 9. The van der Waals surface area contributed by atoms with E-state index in [0.717, 1.165) is 19.0 Å². The first-order valence-corrected chi connectivity index (χ1v) is 13.6. The third-order valence-corrected chi connectivity index (χ3v) is 6.55. The molecular formula is C27H42F2N4O7. The molecule has 0 saturated carbocycles. The number of nitrogens with one attached hydrogen (secondary N) is 1. The molecule has 1 amide bonds. The first-order chi connectivity index (χ1) is 18.5. The normalized spacial score (nSPS) is 21.4. The Labute approximate surface area is 233 Å². The second-order valence-electron chi connectivity index (χ2n) is 11.4. The van der Waals surface area contributed by atoms with Gasteiger partial charge in [0.25, 0.3) is 0 Å². The van der Waals surface area contributed by atoms with Crippen molar-refractivity contribution in [1.29, 1.82) is 0 Å². The Morgan fingerprint density at radius 2 is 1.80 bits per heavy atom. The van der Waals surface area contributed by atoms with E-state index in [9.17, 15) is 19.2 Å². The molecule has 40 heavy (non-hydrogen) atoms. The maximum Gasteiger partial charge on any atom is 0.351 e. The molecule has 3 N–H and O–H groups in total. The van der Waals surface area contributed by atoms with Gasteiger partial charge in [0.1, 0.15) is 24.6 Å². The van der Waals surface area contributed by atoms with E-state index in [1.807, 2.05) is 13.8 Å². The van der Waals surface area contributed by atoms with Crippen molar-refractivity contribution in [2.24, 2.45) is 23.0 Å². The van der Waals surface area contributed by atoms with Gasteiger partial charge < -0.3 is 25.3 Å². The number of hydrogen-bond donors (Lipinski definition) is 2. The molecule has 1 fully saturated rings. The highest BCUT2D eigenvalue weighted by atomic mass is 19.3. The first kappa shape index (κ1) is 33.3. The number of nitrogens with two attached hydrogens (primary N) is 1. The van der Waals surface area contributed by atoms with Gasteiger partial charge in [-0.15, -0.1) is 0 Å². The summed E-state index contributed by atoms with van der Waals surface area (Å²) < 4.78 is 47.7. The smallest absolute Gasteiger partial charge is 0.351 e. The molecule has 4 atom stereocenters. The van der Waals surface area contributed by atoms with E-state index in [4.69, 9.17) is 19.9 Å². The number of anilines is 1. The van der Waals surface area contributed by atoms with Gasteiger partial charge in [0.2, 0.25) is 12.1 Å². The Balaban J connectivity index is 2.34. The fourth-order valence-corrected chi connectivity index (χ4v) is 4.09. The minimum Gasteiger partial charge on any atom is -0.462 e. The summed E-state index contributed by atoms with van der Waals surface area (Å²) in [5.74, 6) is -6.79. The van der Waals surface area contributed by atoms with Gasteiger partial charge in [-0.25, -0.2) is 4.79 Å². The molecule has 2 rings (SSSR count). The van der Waals surface area contributed by atoms with Crippen LogP contribution < -0.4 is 16.7 Å². The number of nitrogens with zero attached hydrogens (tertiary/aromatic N) is 2. The second kappa shape index (κ2) is 13.6. The van der Waals surface area contributed by atoms with Crippen molar-refractivity contribution in [1.82, 2.24) is 9.55 Å². The van der Waals surface area contributed by atoms with Crippen molar-refractivity contribution in [2.45, 2.75) is 105 Å². The Hall–Kier alpha value is -2.93. The van der Waals surface area contributed by atoms with E-state index in [1.165, 1.54) is 6.07 Å². The number of ether oxygens (including phenoxy) is 3. The fraction of sp³-hybridized carbons (Fsp3) is 0.741. The SMILES string of the molecule is CCCC(CCC)C(=O)Nc1ccn([C@@H]2O[C@H](COC(=O)C(C)(C)C)[C@@H](OC(=O)[C@@H](N)C(C)C)C2(F)F)c(=O)n1. The van der Waals surface area contributed by atoms with E-state index in [2.05, 4.69) is 10.3 Å². The third kappa shape index (κ3) is 8.06. The molecule has 1 aliphatic rings. The molecule has 11 nitrogen and oxygen atoms in total. The van der Waals surface area contributed by atoms with Crippen molar-refractivity contribution >= 4 is 23.7 Å².